The number of hydrogen-bond acceptors (Lipinski definition) is 0. The van der Waals surface area contributed by atoms with Gasteiger partial charge in [-0.2, -0.15) is 0 Å². The van der Waals surface area contributed by atoms with Crippen LogP contribution in [0.15, 0.2) is 30.3 Å². The van der Waals surface area contributed by atoms with E-state index in [2.05, 4.69) is 86.6 Å². The average Bonchev–Trinajstić information content (AvgIpc) is 3.67. The van der Waals surface area contributed by atoms with Crippen molar-refractivity contribution in [2.45, 2.75) is 235 Å². The zero-order chi connectivity index (χ0) is 37.6. The second-order valence-corrected chi connectivity index (χ2v) is 14.1. The summed E-state index contributed by atoms with van der Waals surface area (Å²) in [5.41, 5.74) is 1.41. The molecule has 48 heavy (non-hydrogen) atoms. The van der Waals surface area contributed by atoms with Crippen LogP contribution in [0.5, 0.6) is 0 Å². The molecular formula is C48H102. The van der Waals surface area contributed by atoms with Crippen molar-refractivity contribution in [2.75, 3.05) is 0 Å². The molecule has 0 nitrogen and oxygen atoms in total. The molecule has 1 aromatic rings. The summed E-state index contributed by atoms with van der Waals surface area (Å²) in [4.78, 5) is 0. The Morgan fingerprint density at radius 1 is 0.396 bits per heavy atom. The van der Waals surface area contributed by atoms with Crippen LogP contribution in [0.1, 0.15) is 240 Å². The van der Waals surface area contributed by atoms with E-state index in [1.165, 1.54) is 95.5 Å². The van der Waals surface area contributed by atoms with Gasteiger partial charge in [0.15, 0.2) is 0 Å². The van der Waals surface area contributed by atoms with E-state index in [-0.39, 0.29) is 7.43 Å². The van der Waals surface area contributed by atoms with Gasteiger partial charge in [0.2, 0.25) is 0 Å². The molecule has 0 saturated heterocycles. The molecule has 0 amide bonds. The van der Waals surface area contributed by atoms with E-state index in [4.69, 9.17) is 0 Å². The highest BCUT2D eigenvalue weighted by atomic mass is 14.3. The Labute approximate surface area is 311 Å². The van der Waals surface area contributed by atoms with Crippen molar-refractivity contribution in [3.8, 4) is 0 Å². The summed E-state index contributed by atoms with van der Waals surface area (Å²) in [6, 6.07) is 10.5. The van der Waals surface area contributed by atoms with Gasteiger partial charge >= 0.3 is 0 Å². The van der Waals surface area contributed by atoms with Crippen molar-refractivity contribution in [3.05, 3.63) is 35.9 Å². The molecule has 4 aliphatic rings. The molecule has 0 N–H and O–H groups in total. The van der Waals surface area contributed by atoms with Crippen LogP contribution < -0.4 is 0 Å². The van der Waals surface area contributed by atoms with Crippen LogP contribution in [0, 0.1) is 41.4 Å². The summed E-state index contributed by atoms with van der Waals surface area (Å²) in [6.07, 6.45) is 20.9. The van der Waals surface area contributed by atoms with Crippen LogP contribution in [0.2, 0.25) is 0 Å². The normalized spacial score (nSPS) is 16.1. The van der Waals surface area contributed by atoms with Crippen LogP contribution in [-0.2, 0) is 0 Å². The van der Waals surface area contributed by atoms with Gasteiger partial charge in [-0.3, -0.25) is 0 Å². The van der Waals surface area contributed by atoms with Crippen LogP contribution in [0.25, 0.3) is 0 Å². The van der Waals surface area contributed by atoms with E-state index in [1.807, 2.05) is 75.3 Å². The van der Waals surface area contributed by atoms with Crippen LogP contribution >= 0.6 is 0 Å². The zero-order valence-corrected chi connectivity index (χ0v) is 36.9. The van der Waals surface area contributed by atoms with Crippen molar-refractivity contribution in [2.24, 2.45) is 41.4 Å². The third kappa shape index (κ3) is 39.7. The third-order valence-corrected chi connectivity index (χ3v) is 9.36. The molecule has 0 atom stereocenters. The van der Waals surface area contributed by atoms with Gasteiger partial charge in [-0.05, 0) is 52.9 Å². The Balaban J connectivity index is -0.000000108. The first-order chi connectivity index (χ1) is 22.6. The molecule has 294 valence electrons. The van der Waals surface area contributed by atoms with Crippen molar-refractivity contribution < 1.29 is 0 Å². The SMILES string of the molecule is C.CC.CC.CC.CC.CC.CC(C)C1CCC1.CC(C)C1CCCC1.CC(C)C1CCCCC1.CC(C)c1ccccc1.CC1CC1. The summed E-state index contributed by atoms with van der Waals surface area (Å²) in [5.74, 6) is 7.77. The molecule has 0 heterocycles. The van der Waals surface area contributed by atoms with Crippen molar-refractivity contribution in [1.29, 1.82) is 0 Å². The lowest BCUT2D eigenvalue weighted by Gasteiger charge is -2.28. The molecule has 0 aromatic heterocycles. The maximum absolute atomic E-state index is 2.36. The van der Waals surface area contributed by atoms with Gasteiger partial charge in [0.1, 0.15) is 0 Å². The minimum absolute atomic E-state index is 0. The van der Waals surface area contributed by atoms with Crippen LogP contribution in [0.4, 0.5) is 0 Å². The largest absolute Gasteiger partial charge is 0.0776 e. The molecular weight excluding hydrogens is 577 g/mol. The predicted molar refractivity (Wildman–Crippen MR) is 233 cm³/mol. The third-order valence-electron chi connectivity index (χ3n) is 9.36. The van der Waals surface area contributed by atoms with E-state index >= 15 is 0 Å². The molecule has 5 rings (SSSR count). The molecule has 1 aromatic carbocycles. The highest BCUT2D eigenvalue weighted by molar-refractivity contribution is 5.17. The Bertz CT molecular complexity index is 605. The fraction of sp³-hybridized carbons (Fsp3) is 0.875. The fourth-order valence-electron chi connectivity index (χ4n) is 5.54. The van der Waals surface area contributed by atoms with Gasteiger partial charge in [-0.25, -0.2) is 0 Å². The standard InChI is InChI=1S/C9H18.C9H12.C8H16.C7H14.C4H8.5C2H6.CH4/c2*1-8(2)9-6-4-3-5-7-9;1-7(2)8-5-3-4-6-8;1-6(2)7-4-3-5-7;1-4-2-3-4;5*1-2;/h8-9H,3-7H2,1-2H3;3-8H,1-2H3;7-8H,3-6H2,1-2H3;6-7H,3-5H2,1-2H3;4H,2-3H2,1H3;5*1-2H3;1H4. The monoisotopic (exact) mass is 679 g/mol. The molecule has 0 bridgehead atoms. The van der Waals surface area contributed by atoms with E-state index in [1.54, 1.807) is 0 Å². The molecule has 0 spiro atoms. The molecule has 0 aliphatic heterocycles. The summed E-state index contributed by atoms with van der Waals surface area (Å²) in [6.45, 7) is 40.7. The second kappa shape index (κ2) is 46.2. The van der Waals surface area contributed by atoms with Crippen molar-refractivity contribution in [1.82, 2.24) is 0 Å². The Morgan fingerprint density at radius 3 is 0.792 bits per heavy atom. The van der Waals surface area contributed by atoms with E-state index in [0.29, 0.717) is 5.92 Å². The van der Waals surface area contributed by atoms with Gasteiger partial charge in [-0.1, -0.05) is 259 Å². The zero-order valence-electron chi connectivity index (χ0n) is 36.9. The maximum atomic E-state index is 2.36. The van der Waals surface area contributed by atoms with Crippen molar-refractivity contribution >= 4 is 0 Å². The number of rotatable bonds is 4. The Morgan fingerprint density at radius 2 is 0.646 bits per heavy atom. The topological polar surface area (TPSA) is 0 Å². The summed E-state index contributed by atoms with van der Waals surface area (Å²) in [7, 11) is 0. The second-order valence-electron chi connectivity index (χ2n) is 14.1. The summed E-state index contributed by atoms with van der Waals surface area (Å²) < 4.78 is 0. The minimum atomic E-state index is 0. The van der Waals surface area contributed by atoms with Gasteiger partial charge in [0, 0.05) is 0 Å². The van der Waals surface area contributed by atoms with Crippen LogP contribution in [0.3, 0.4) is 0 Å². The smallest absolute Gasteiger partial charge is 0.0219 e. The molecule has 4 saturated carbocycles. The average molecular weight is 679 g/mol. The molecule has 4 fully saturated rings. The highest BCUT2D eigenvalue weighted by Crippen LogP contribution is 2.32. The van der Waals surface area contributed by atoms with Crippen LogP contribution in [-0.4, -0.2) is 0 Å². The first-order valence-corrected chi connectivity index (χ1v) is 21.7. The Hall–Kier alpha value is -0.780. The molecule has 4 aliphatic carbocycles. The highest BCUT2D eigenvalue weighted by Gasteiger charge is 2.20. The molecule has 0 unspecified atom stereocenters. The van der Waals surface area contributed by atoms with Crippen molar-refractivity contribution in [3.63, 3.8) is 0 Å². The molecule has 0 radical (unpaired) electrons. The predicted octanol–water partition coefficient (Wildman–Crippen LogP) is 18.5. The lowest BCUT2D eigenvalue weighted by atomic mass is 9.78. The van der Waals surface area contributed by atoms with Gasteiger partial charge in [0.05, 0.1) is 0 Å². The van der Waals surface area contributed by atoms with E-state index in [9.17, 15) is 0 Å². The number of benzene rings is 1. The lowest BCUT2D eigenvalue weighted by molar-refractivity contribution is 0.235. The lowest BCUT2D eigenvalue weighted by Crippen LogP contribution is -2.16. The minimum Gasteiger partial charge on any atom is -0.0776 e. The van der Waals surface area contributed by atoms with Gasteiger partial charge in [0.25, 0.3) is 0 Å². The summed E-state index contributed by atoms with van der Waals surface area (Å²) >= 11 is 0. The molecule has 0 heteroatoms. The maximum Gasteiger partial charge on any atom is -0.0219 e. The first-order valence-electron chi connectivity index (χ1n) is 21.7. The Kier molecular flexibility index (Phi) is 57.2. The number of hydrogen-bond donors (Lipinski definition) is 0. The van der Waals surface area contributed by atoms with E-state index in [0.717, 1.165) is 41.4 Å². The first kappa shape index (κ1) is 59.4. The fourth-order valence-corrected chi connectivity index (χ4v) is 5.54. The quantitative estimate of drug-likeness (QED) is 0.297. The van der Waals surface area contributed by atoms with E-state index < -0.39 is 0 Å². The summed E-state index contributed by atoms with van der Waals surface area (Å²) in [5, 5.41) is 0. The van der Waals surface area contributed by atoms with Gasteiger partial charge < -0.3 is 0 Å². The van der Waals surface area contributed by atoms with Gasteiger partial charge in [-0.15, -0.1) is 0 Å².